The number of rotatable bonds is 3. The van der Waals surface area contributed by atoms with Crippen LogP contribution in [0.3, 0.4) is 0 Å². The summed E-state index contributed by atoms with van der Waals surface area (Å²) >= 11 is 0. The van der Waals surface area contributed by atoms with Crippen molar-refractivity contribution in [3.63, 3.8) is 0 Å². The maximum atomic E-state index is 12.3. The molecule has 1 aliphatic heterocycles. The van der Waals surface area contributed by atoms with Crippen LogP contribution >= 0.6 is 0 Å². The summed E-state index contributed by atoms with van der Waals surface area (Å²) in [7, 11) is 1.88. The number of aromatic amines is 1. The van der Waals surface area contributed by atoms with Crippen molar-refractivity contribution in [3.8, 4) is 23.6 Å². The van der Waals surface area contributed by atoms with Crippen LogP contribution in [0.1, 0.15) is 18.4 Å². The monoisotopic (exact) mass is 374 g/mol. The average Bonchev–Trinajstić information content (AvgIpc) is 3.37. The third-order valence-corrected chi connectivity index (χ3v) is 5.67. The minimum absolute atomic E-state index is 0.277. The highest BCUT2D eigenvalue weighted by Crippen LogP contribution is 2.36. The van der Waals surface area contributed by atoms with Crippen LogP contribution in [0, 0.1) is 18.3 Å². The number of aryl methyl sites for hydroxylation is 1. The summed E-state index contributed by atoms with van der Waals surface area (Å²) in [6.45, 7) is 3.11. The van der Waals surface area contributed by atoms with E-state index in [9.17, 15) is 4.79 Å². The van der Waals surface area contributed by atoms with Gasteiger partial charge in [0.1, 0.15) is 5.65 Å². The van der Waals surface area contributed by atoms with E-state index in [1.54, 1.807) is 10.9 Å². The third-order valence-electron chi connectivity index (χ3n) is 5.67. The molecule has 7 nitrogen and oxygen atoms in total. The minimum Gasteiger partial charge on any atom is -0.367 e. The zero-order valence-corrected chi connectivity index (χ0v) is 15.9. The van der Waals surface area contributed by atoms with Crippen LogP contribution in [0.25, 0.3) is 22.3 Å². The Kier molecular flexibility index (Phi) is 3.86. The van der Waals surface area contributed by atoms with Gasteiger partial charge in [0.15, 0.2) is 0 Å². The lowest BCUT2D eigenvalue weighted by atomic mass is 10.1. The molecular weight excluding hydrogens is 352 g/mol. The Bertz CT molecular complexity index is 1090. The van der Waals surface area contributed by atoms with Gasteiger partial charge in [-0.2, -0.15) is 5.10 Å². The van der Waals surface area contributed by atoms with Gasteiger partial charge in [-0.3, -0.25) is 9.48 Å². The summed E-state index contributed by atoms with van der Waals surface area (Å²) in [5.41, 5.74) is 4.47. The molecule has 7 heteroatoms. The lowest BCUT2D eigenvalue weighted by molar-refractivity contribution is -0.132. The molecule has 1 N–H and O–H groups in total. The van der Waals surface area contributed by atoms with Gasteiger partial charge in [-0.1, -0.05) is 5.92 Å². The van der Waals surface area contributed by atoms with Crippen LogP contribution in [0.5, 0.6) is 0 Å². The first-order valence-corrected chi connectivity index (χ1v) is 9.65. The van der Waals surface area contributed by atoms with E-state index >= 15 is 0 Å². The van der Waals surface area contributed by atoms with Gasteiger partial charge in [-0.05, 0) is 18.9 Å². The lowest BCUT2D eigenvalue weighted by Crippen LogP contribution is -2.49. The molecule has 142 valence electrons. The SMILES string of the molecule is C#Cc1c(-c2cnn(C)c2)[nH]c2nccc(N3CCN(C(=O)C4CC4)CC3)c12. The first-order valence-electron chi connectivity index (χ1n) is 9.65. The second-order valence-corrected chi connectivity index (χ2v) is 7.56. The highest BCUT2D eigenvalue weighted by Gasteiger charge is 2.35. The van der Waals surface area contributed by atoms with Crippen LogP contribution in [0.4, 0.5) is 5.69 Å². The van der Waals surface area contributed by atoms with E-state index in [4.69, 9.17) is 6.42 Å². The van der Waals surface area contributed by atoms with E-state index < -0.39 is 0 Å². The summed E-state index contributed by atoms with van der Waals surface area (Å²) in [6, 6.07) is 2.02. The molecule has 0 aromatic carbocycles. The van der Waals surface area contributed by atoms with Gasteiger partial charge < -0.3 is 14.8 Å². The summed E-state index contributed by atoms with van der Waals surface area (Å²) < 4.78 is 1.76. The Morgan fingerprint density at radius 3 is 2.71 bits per heavy atom. The maximum Gasteiger partial charge on any atom is 0.225 e. The molecule has 4 heterocycles. The highest BCUT2D eigenvalue weighted by atomic mass is 16.2. The van der Waals surface area contributed by atoms with Gasteiger partial charge in [0.25, 0.3) is 0 Å². The van der Waals surface area contributed by atoms with Crippen molar-refractivity contribution < 1.29 is 4.79 Å². The predicted octanol–water partition coefficient (Wildman–Crippen LogP) is 2.00. The molecule has 0 bridgehead atoms. The van der Waals surface area contributed by atoms with Crippen LogP contribution in [-0.4, -0.2) is 56.7 Å². The van der Waals surface area contributed by atoms with Gasteiger partial charge in [-0.15, -0.1) is 6.42 Å². The van der Waals surface area contributed by atoms with E-state index in [0.717, 1.165) is 72.6 Å². The van der Waals surface area contributed by atoms with Crippen molar-refractivity contribution in [2.75, 3.05) is 31.1 Å². The second kappa shape index (κ2) is 6.41. The highest BCUT2D eigenvalue weighted by molar-refractivity contribution is 6.00. The number of nitrogens with zero attached hydrogens (tertiary/aromatic N) is 5. The second-order valence-electron chi connectivity index (χ2n) is 7.56. The van der Waals surface area contributed by atoms with E-state index in [-0.39, 0.29) is 5.92 Å². The van der Waals surface area contributed by atoms with Gasteiger partial charge in [0.05, 0.1) is 28.5 Å². The number of carbonyl (C=O) groups excluding carboxylic acids is 1. The topological polar surface area (TPSA) is 70.1 Å². The number of carbonyl (C=O) groups is 1. The number of nitrogens with one attached hydrogen (secondary N) is 1. The molecule has 1 amide bonds. The Labute approximate surface area is 163 Å². The third kappa shape index (κ3) is 2.73. The number of H-pyrrole nitrogens is 1. The Morgan fingerprint density at radius 2 is 2.07 bits per heavy atom. The molecule has 1 saturated heterocycles. The molecule has 2 aliphatic rings. The first kappa shape index (κ1) is 16.9. The zero-order valence-electron chi connectivity index (χ0n) is 15.9. The smallest absolute Gasteiger partial charge is 0.225 e. The quantitative estimate of drug-likeness (QED) is 0.712. The molecule has 0 spiro atoms. The number of amides is 1. The molecule has 0 atom stereocenters. The Hall–Kier alpha value is -3.27. The van der Waals surface area contributed by atoms with Crippen molar-refractivity contribution in [2.45, 2.75) is 12.8 Å². The number of terminal acetylenes is 1. The standard InChI is InChI=1S/C21H22N6O/c1-3-16-18-17(26-8-10-27(11-9-26)21(28)14-4-5-14)6-7-22-20(18)24-19(16)15-12-23-25(2)13-15/h1,6-7,12-14H,4-5,8-11H2,2H3,(H,22,24). The van der Waals surface area contributed by atoms with Gasteiger partial charge in [0, 0.05) is 57.1 Å². The lowest BCUT2D eigenvalue weighted by Gasteiger charge is -2.36. The number of piperazine rings is 1. The van der Waals surface area contributed by atoms with Gasteiger partial charge in [0.2, 0.25) is 5.91 Å². The van der Waals surface area contributed by atoms with Crippen LogP contribution < -0.4 is 4.90 Å². The van der Waals surface area contributed by atoms with Crippen molar-refractivity contribution in [1.82, 2.24) is 24.6 Å². The zero-order chi connectivity index (χ0) is 19.3. The van der Waals surface area contributed by atoms with Gasteiger partial charge in [-0.25, -0.2) is 4.98 Å². The predicted molar refractivity (Wildman–Crippen MR) is 108 cm³/mol. The van der Waals surface area contributed by atoms with Crippen LogP contribution in [0.15, 0.2) is 24.7 Å². The largest absolute Gasteiger partial charge is 0.367 e. The van der Waals surface area contributed by atoms with Gasteiger partial charge >= 0.3 is 0 Å². The van der Waals surface area contributed by atoms with Crippen molar-refractivity contribution in [2.24, 2.45) is 13.0 Å². The number of aromatic nitrogens is 4. The molecule has 5 rings (SSSR count). The number of pyridine rings is 1. The fourth-order valence-electron chi connectivity index (χ4n) is 4.03. The molecule has 3 aromatic heterocycles. The van der Waals surface area contributed by atoms with Crippen molar-refractivity contribution in [3.05, 3.63) is 30.2 Å². The fourth-order valence-corrected chi connectivity index (χ4v) is 4.03. The fraction of sp³-hybridized carbons (Fsp3) is 0.381. The summed E-state index contributed by atoms with van der Waals surface area (Å²) in [5.74, 6) is 3.46. The van der Waals surface area contributed by atoms with E-state index in [1.807, 2.05) is 30.4 Å². The van der Waals surface area contributed by atoms with E-state index in [1.165, 1.54) is 0 Å². The van der Waals surface area contributed by atoms with Crippen molar-refractivity contribution >= 4 is 22.6 Å². The van der Waals surface area contributed by atoms with Crippen LogP contribution in [-0.2, 0) is 11.8 Å². The number of fused-ring (bicyclic) bond motifs is 1. The number of anilines is 1. The van der Waals surface area contributed by atoms with Crippen molar-refractivity contribution in [1.29, 1.82) is 0 Å². The molecular formula is C21H22N6O. The average molecular weight is 374 g/mol. The summed E-state index contributed by atoms with van der Waals surface area (Å²) in [4.78, 5) is 24.5. The molecule has 3 aromatic rings. The maximum absolute atomic E-state index is 12.3. The normalized spacial score (nSPS) is 17.1. The molecule has 1 aliphatic carbocycles. The van der Waals surface area contributed by atoms with E-state index in [0.29, 0.717) is 5.91 Å². The molecule has 0 radical (unpaired) electrons. The molecule has 28 heavy (non-hydrogen) atoms. The Morgan fingerprint density at radius 1 is 1.29 bits per heavy atom. The minimum atomic E-state index is 0.277. The van der Waals surface area contributed by atoms with Crippen LogP contribution in [0.2, 0.25) is 0 Å². The first-order chi connectivity index (χ1) is 13.7. The molecule has 0 unspecified atom stereocenters. The Balaban J connectivity index is 1.49. The number of hydrogen-bond donors (Lipinski definition) is 1. The molecule has 2 fully saturated rings. The molecule has 1 saturated carbocycles. The summed E-state index contributed by atoms with van der Waals surface area (Å²) in [5, 5.41) is 5.22. The number of hydrogen-bond acceptors (Lipinski definition) is 4. The summed E-state index contributed by atoms with van der Waals surface area (Å²) in [6.07, 6.45) is 13.6. The van der Waals surface area contributed by atoms with E-state index in [2.05, 4.69) is 25.9 Å².